The summed E-state index contributed by atoms with van der Waals surface area (Å²) in [6, 6.07) is 2.36. The molecule has 1 aromatic carbocycles. The van der Waals surface area contributed by atoms with Crippen LogP contribution in [0.5, 0.6) is 0 Å². The van der Waals surface area contributed by atoms with Crippen LogP contribution >= 0.6 is 11.6 Å². The standard InChI is InChI=1S/C10H10ClN3O2/c1-4-9(15)14-8-6(10(16)13-4)2-5(11)3-7(8)12/h2-4H,12H2,1H3,(H,13,16)(H,14,15). The van der Waals surface area contributed by atoms with Gasteiger partial charge in [0.1, 0.15) is 6.04 Å². The Kier molecular flexibility index (Phi) is 2.47. The molecule has 2 rings (SSSR count). The topological polar surface area (TPSA) is 84.2 Å². The molecule has 6 heteroatoms. The number of hydrogen-bond donors (Lipinski definition) is 3. The summed E-state index contributed by atoms with van der Waals surface area (Å²) in [5.41, 5.74) is 6.58. The van der Waals surface area contributed by atoms with Crippen molar-refractivity contribution in [2.75, 3.05) is 11.1 Å². The van der Waals surface area contributed by atoms with Crippen LogP contribution in [0.2, 0.25) is 5.02 Å². The molecule has 0 fully saturated rings. The summed E-state index contributed by atoms with van der Waals surface area (Å²) in [6.07, 6.45) is 0. The molecule has 5 nitrogen and oxygen atoms in total. The number of carbonyl (C=O) groups excluding carboxylic acids is 2. The molecule has 4 N–H and O–H groups in total. The van der Waals surface area contributed by atoms with Crippen molar-refractivity contribution in [2.24, 2.45) is 0 Å². The van der Waals surface area contributed by atoms with Crippen molar-refractivity contribution in [3.8, 4) is 0 Å². The molecule has 0 bridgehead atoms. The summed E-state index contributed by atoms with van der Waals surface area (Å²) in [6.45, 7) is 1.59. The average molecular weight is 240 g/mol. The van der Waals surface area contributed by atoms with Gasteiger partial charge in [-0.15, -0.1) is 0 Å². The number of amides is 2. The number of anilines is 2. The van der Waals surface area contributed by atoms with E-state index in [0.29, 0.717) is 10.7 Å². The summed E-state index contributed by atoms with van der Waals surface area (Å²) >= 11 is 5.80. The zero-order valence-corrected chi connectivity index (χ0v) is 9.26. The van der Waals surface area contributed by atoms with Crippen LogP contribution < -0.4 is 16.4 Å². The molecule has 1 aliphatic heterocycles. The lowest BCUT2D eigenvalue weighted by molar-refractivity contribution is -0.117. The maximum absolute atomic E-state index is 11.7. The Balaban J connectivity index is 2.60. The summed E-state index contributed by atoms with van der Waals surface area (Å²) in [7, 11) is 0. The largest absolute Gasteiger partial charge is 0.397 e. The van der Waals surface area contributed by atoms with Crippen molar-refractivity contribution in [1.29, 1.82) is 0 Å². The highest BCUT2D eigenvalue weighted by Crippen LogP contribution is 2.29. The minimum absolute atomic E-state index is 0.278. The zero-order chi connectivity index (χ0) is 11.9. The first-order valence-electron chi connectivity index (χ1n) is 4.70. The van der Waals surface area contributed by atoms with E-state index in [9.17, 15) is 9.59 Å². The van der Waals surface area contributed by atoms with Gasteiger partial charge in [-0.1, -0.05) is 11.6 Å². The zero-order valence-electron chi connectivity index (χ0n) is 8.50. The molecule has 0 aliphatic carbocycles. The van der Waals surface area contributed by atoms with Crippen molar-refractivity contribution in [3.63, 3.8) is 0 Å². The molecule has 0 radical (unpaired) electrons. The maximum Gasteiger partial charge on any atom is 0.254 e. The van der Waals surface area contributed by atoms with Crippen molar-refractivity contribution < 1.29 is 9.59 Å². The summed E-state index contributed by atoms with van der Waals surface area (Å²) < 4.78 is 0. The molecule has 84 valence electrons. The second-order valence-electron chi connectivity index (χ2n) is 3.60. The minimum Gasteiger partial charge on any atom is -0.397 e. The lowest BCUT2D eigenvalue weighted by Crippen LogP contribution is -2.38. The van der Waals surface area contributed by atoms with Gasteiger partial charge < -0.3 is 16.4 Å². The van der Waals surface area contributed by atoms with Gasteiger partial charge in [0.05, 0.1) is 16.9 Å². The monoisotopic (exact) mass is 239 g/mol. The number of rotatable bonds is 0. The van der Waals surface area contributed by atoms with E-state index in [-0.39, 0.29) is 23.1 Å². The van der Waals surface area contributed by atoms with Crippen LogP contribution in [-0.2, 0) is 4.79 Å². The summed E-state index contributed by atoms with van der Waals surface area (Å²) in [5.74, 6) is -0.670. The molecule has 1 heterocycles. The molecule has 1 unspecified atom stereocenters. The first-order chi connectivity index (χ1) is 7.49. The van der Waals surface area contributed by atoms with E-state index in [1.54, 1.807) is 6.92 Å². The average Bonchev–Trinajstić information content (AvgIpc) is 2.29. The highest BCUT2D eigenvalue weighted by atomic mass is 35.5. The maximum atomic E-state index is 11.7. The molecular formula is C10H10ClN3O2. The van der Waals surface area contributed by atoms with Gasteiger partial charge in [-0.3, -0.25) is 9.59 Å². The number of nitrogens with two attached hydrogens (primary N) is 1. The fourth-order valence-corrected chi connectivity index (χ4v) is 1.74. The van der Waals surface area contributed by atoms with E-state index >= 15 is 0 Å². The minimum atomic E-state index is -0.599. The SMILES string of the molecule is CC1NC(=O)c2cc(Cl)cc(N)c2NC1=O. The van der Waals surface area contributed by atoms with Crippen LogP contribution in [0.25, 0.3) is 0 Å². The van der Waals surface area contributed by atoms with Gasteiger partial charge in [-0.2, -0.15) is 0 Å². The van der Waals surface area contributed by atoms with Crippen molar-refractivity contribution in [3.05, 3.63) is 22.7 Å². The Labute approximate surface area is 97.0 Å². The second-order valence-corrected chi connectivity index (χ2v) is 4.04. The summed E-state index contributed by atoms with van der Waals surface area (Å²) in [4.78, 5) is 23.3. The second kappa shape index (κ2) is 3.68. The van der Waals surface area contributed by atoms with Gasteiger partial charge in [0.2, 0.25) is 5.91 Å². The Hall–Kier alpha value is -1.75. The smallest absolute Gasteiger partial charge is 0.254 e. The van der Waals surface area contributed by atoms with Crippen LogP contribution in [0.4, 0.5) is 11.4 Å². The molecule has 1 aromatic rings. The van der Waals surface area contributed by atoms with E-state index in [1.165, 1.54) is 12.1 Å². The molecule has 2 amide bonds. The van der Waals surface area contributed by atoms with Gasteiger partial charge >= 0.3 is 0 Å². The van der Waals surface area contributed by atoms with Gasteiger partial charge in [0.25, 0.3) is 5.91 Å². The highest BCUT2D eigenvalue weighted by Gasteiger charge is 2.26. The first-order valence-corrected chi connectivity index (χ1v) is 5.07. The fourth-order valence-electron chi connectivity index (χ4n) is 1.52. The van der Waals surface area contributed by atoms with E-state index in [1.807, 2.05) is 0 Å². The van der Waals surface area contributed by atoms with Crippen LogP contribution in [0.1, 0.15) is 17.3 Å². The number of fused-ring (bicyclic) bond motifs is 1. The normalized spacial score (nSPS) is 19.5. The quantitative estimate of drug-likeness (QED) is 0.591. The third kappa shape index (κ3) is 1.69. The number of nitrogens with one attached hydrogen (secondary N) is 2. The van der Waals surface area contributed by atoms with Crippen LogP contribution in [0.15, 0.2) is 12.1 Å². The molecule has 0 aromatic heterocycles. The predicted octanol–water partition coefficient (Wildman–Crippen LogP) is 0.993. The molecule has 1 aliphatic rings. The lowest BCUT2D eigenvalue weighted by Gasteiger charge is -2.09. The Bertz CT molecular complexity index is 487. The van der Waals surface area contributed by atoms with E-state index in [0.717, 1.165) is 0 Å². The molecular weight excluding hydrogens is 230 g/mol. The van der Waals surface area contributed by atoms with E-state index in [2.05, 4.69) is 10.6 Å². The van der Waals surface area contributed by atoms with Gasteiger partial charge in [-0.25, -0.2) is 0 Å². The molecule has 16 heavy (non-hydrogen) atoms. The Morgan fingerprint density at radius 3 is 2.75 bits per heavy atom. The molecule has 0 saturated carbocycles. The number of hydrogen-bond acceptors (Lipinski definition) is 3. The predicted molar refractivity (Wildman–Crippen MR) is 61.4 cm³/mol. The van der Waals surface area contributed by atoms with Crippen molar-refractivity contribution in [2.45, 2.75) is 13.0 Å². The van der Waals surface area contributed by atoms with Gasteiger partial charge in [0, 0.05) is 5.02 Å². The lowest BCUT2D eigenvalue weighted by atomic mass is 10.1. The molecule has 1 atom stereocenters. The van der Waals surface area contributed by atoms with Gasteiger partial charge in [0.15, 0.2) is 0 Å². The fraction of sp³-hybridized carbons (Fsp3) is 0.200. The summed E-state index contributed by atoms with van der Waals surface area (Å²) in [5, 5.41) is 5.49. The third-order valence-electron chi connectivity index (χ3n) is 2.37. The van der Waals surface area contributed by atoms with Crippen molar-refractivity contribution >= 4 is 34.8 Å². The van der Waals surface area contributed by atoms with Crippen LogP contribution in [0.3, 0.4) is 0 Å². The Morgan fingerprint density at radius 1 is 1.38 bits per heavy atom. The third-order valence-corrected chi connectivity index (χ3v) is 2.59. The van der Waals surface area contributed by atoms with Gasteiger partial charge in [-0.05, 0) is 19.1 Å². The van der Waals surface area contributed by atoms with E-state index < -0.39 is 6.04 Å². The number of benzene rings is 1. The number of carbonyl (C=O) groups is 2. The van der Waals surface area contributed by atoms with Crippen LogP contribution in [-0.4, -0.2) is 17.9 Å². The van der Waals surface area contributed by atoms with Crippen LogP contribution in [0, 0.1) is 0 Å². The number of halogens is 1. The highest BCUT2D eigenvalue weighted by molar-refractivity contribution is 6.32. The van der Waals surface area contributed by atoms with E-state index in [4.69, 9.17) is 17.3 Å². The Morgan fingerprint density at radius 2 is 2.06 bits per heavy atom. The first kappa shape index (κ1) is 10.8. The van der Waals surface area contributed by atoms with Crippen molar-refractivity contribution in [1.82, 2.24) is 5.32 Å². The molecule has 0 spiro atoms. The number of nitrogen functional groups attached to an aromatic ring is 1. The molecule has 0 saturated heterocycles.